The highest BCUT2D eigenvalue weighted by Gasteiger charge is 2.12. The average molecular weight is 292 g/mol. The van der Waals surface area contributed by atoms with Gasteiger partial charge in [0.1, 0.15) is 0 Å². The maximum Gasteiger partial charge on any atom is -0.00206 e. The monoisotopic (exact) mass is 292 g/mol. The highest BCUT2D eigenvalue weighted by molar-refractivity contribution is 6.25. The van der Waals surface area contributed by atoms with Crippen LogP contribution in [-0.2, 0) is 0 Å². The molecule has 0 aliphatic carbocycles. The van der Waals surface area contributed by atoms with Crippen molar-refractivity contribution >= 4 is 32.3 Å². The molecule has 0 heteroatoms. The lowest BCUT2D eigenvalue weighted by Gasteiger charge is -2.15. The Balaban J connectivity index is 2.01. The Morgan fingerprint density at radius 2 is 1.13 bits per heavy atom. The van der Waals surface area contributed by atoms with Crippen LogP contribution in [0.5, 0.6) is 0 Å². The van der Waals surface area contributed by atoms with Crippen molar-refractivity contribution in [1.29, 1.82) is 0 Å². The number of aryl methyl sites for hydroxylation is 1. The predicted octanol–water partition coefficient (Wildman–Crippen LogP) is 6.56. The summed E-state index contributed by atoms with van der Waals surface area (Å²) in [7, 11) is 0. The van der Waals surface area contributed by atoms with Gasteiger partial charge in [0, 0.05) is 0 Å². The van der Waals surface area contributed by atoms with Crippen LogP contribution in [0, 0.1) is 6.92 Å². The van der Waals surface area contributed by atoms with Gasteiger partial charge in [-0.05, 0) is 55.9 Å². The van der Waals surface area contributed by atoms with Gasteiger partial charge in [0.15, 0.2) is 0 Å². The Morgan fingerprint density at radius 1 is 0.478 bits per heavy atom. The van der Waals surface area contributed by atoms with Gasteiger partial charge >= 0.3 is 0 Å². The average Bonchev–Trinajstić information content (AvgIpc) is 2.60. The largest absolute Gasteiger partial charge is 0.0620 e. The molecule has 0 N–H and O–H groups in total. The lowest BCUT2D eigenvalue weighted by molar-refractivity contribution is 1.47. The van der Waals surface area contributed by atoms with Gasteiger partial charge in [-0.3, -0.25) is 0 Å². The Kier molecular flexibility index (Phi) is 2.51. The van der Waals surface area contributed by atoms with Gasteiger partial charge in [-0.25, -0.2) is 0 Å². The zero-order valence-electron chi connectivity index (χ0n) is 13.0. The maximum absolute atomic E-state index is 2.28. The van der Waals surface area contributed by atoms with Crippen molar-refractivity contribution in [2.45, 2.75) is 6.92 Å². The van der Waals surface area contributed by atoms with E-state index in [4.69, 9.17) is 0 Å². The molecule has 5 aromatic carbocycles. The van der Waals surface area contributed by atoms with Crippen LogP contribution in [0.2, 0.25) is 0 Å². The Morgan fingerprint density at radius 3 is 1.91 bits per heavy atom. The first-order valence-corrected chi connectivity index (χ1v) is 8.05. The predicted molar refractivity (Wildman–Crippen MR) is 100 cm³/mol. The summed E-state index contributed by atoms with van der Waals surface area (Å²) in [6, 6.07) is 28.7. The number of hydrogen-bond acceptors (Lipinski definition) is 0. The van der Waals surface area contributed by atoms with Crippen molar-refractivity contribution in [2.75, 3.05) is 0 Å². The van der Waals surface area contributed by atoms with Gasteiger partial charge in [-0.2, -0.15) is 0 Å². The lowest BCUT2D eigenvalue weighted by Crippen LogP contribution is -1.88. The molecular formula is C23H16. The molecule has 0 aliphatic rings. The minimum atomic E-state index is 1.32. The van der Waals surface area contributed by atoms with Gasteiger partial charge in [0.05, 0.1) is 0 Å². The summed E-state index contributed by atoms with van der Waals surface area (Å²) in [6.07, 6.45) is 0. The first kappa shape index (κ1) is 12.7. The van der Waals surface area contributed by atoms with E-state index in [0.717, 1.165) is 0 Å². The number of rotatable bonds is 1. The standard InChI is InChI=1S/C23H16/c1-15-5-2-3-8-19(15)20-13-11-18-10-9-16-6-4-7-17-12-14-21(20)23(18)22(16)17/h2-14H,1H3. The van der Waals surface area contributed by atoms with E-state index in [-0.39, 0.29) is 0 Å². The third-order valence-electron chi connectivity index (χ3n) is 4.96. The fourth-order valence-corrected chi connectivity index (χ4v) is 3.85. The molecule has 0 atom stereocenters. The zero-order valence-corrected chi connectivity index (χ0v) is 13.0. The smallest absolute Gasteiger partial charge is 0.00206 e. The van der Waals surface area contributed by atoms with Gasteiger partial charge < -0.3 is 0 Å². The van der Waals surface area contributed by atoms with E-state index in [1.807, 2.05) is 0 Å². The highest BCUT2D eigenvalue weighted by atomic mass is 14.2. The maximum atomic E-state index is 2.28. The van der Waals surface area contributed by atoms with Crippen molar-refractivity contribution in [1.82, 2.24) is 0 Å². The third kappa shape index (κ3) is 1.72. The van der Waals surface area contributed by atoms with Crippen molar-refractivity contribution in [3.05, 3.63) is 84.4 Å². The summed E-state index contributed by atoms with van der Waals surface area (Å²) in [5, 5.41) is 8.09. The van der Waals surface area contributed by atoms with Gasteiger partial charge in [0.25, 0.3) is 0 Å². The molecule has 0 heterocycles. The Hall–Kier alpha value is -2.86. The lowest BCUT2D eigenvalue weighted by atomic mass is 9.89. The SMILES string of the molecule is Cc1ccccc1-c1ccc2ccc3cccc4ccc1c2c34. The second-order valence-electron chi connectivity index (χ2n) is 6.28. The molecule has 0 nitrogen and oxygen atoms in total. The minimum Gasteiger partial charge on any atom is -0.0620 e. The minimum absolute atomic E-state index is 1.32. The normalized spacial score (nSPS) is 11.7. The molecule has 0 amide bonds. The summed E-state index contributed by atoms with van der Waals surface area (Å²) < 4.78 is 0. The van der Waals surface area contributed by atoms with E-state index in [9.17, 15) is 0 Å². The van der Waals surface area contributed by atoms with E-state index in [2.05, 4.69) is 85.8 Å². The molecule has 0 saturated heterocycles. The molecule has 0 aliphatic heterocycles. The highest BCUT2D eigenvalue weighted by Crippen LogP contribution is 2.39. The summed E-state index contributed by atoms with van der Waals surface area (Å²) in [5.41, 5.74) is 3.97. The zero-order chi connectivity index (χ0) is 15.4. The first-order valence-electron chi connectivity index (χ1n) is 8.05. The van der Waals surface area contributed by atoms with Crippen LogP contribution in [0.3, 0.4) is 0 Å². The van der Waals surface area contributed by atoms with Crippen LogP contribution in [0.25, 0.3) is 43.4 Å². The van der Waals surface area contributed by atoms with Crippen LogP contribution in [-0.4, -0.2) is 0 Å². The van der Waals surface area contributed by atoms with Gasteiger partial charge in [-0.15, -0.1) is 0 Å². The quantitative estimate of drug-likeness (QED) is 0.307. The molecule has 5 rings (SSSR count). The van der Waals surface area contributed by atoms with Crippen LogP contribution in [0.4, 0.5) is 0 Å². The molecule has 23 heavy (non-hydrogen) atoms. The summed E-state index contributed by atoms with van der Waals surface area (Å²) in [5.74, 6) is 0. The van der Waals surface area contributed by atoms with Gasteiger partial charge in [-0.1, -0.05) is 78.9 Å². The van der Waals surface area contributed by atoms with E-state index in [1.54, 1.807) is 0 Å². The second kappa shape index (κ2) is 4.57. The van der Waals surface area contributed by atoms with E-state index in [1.165, 1.54) is 49.0 Å². The molecule has 108 valence electrons. The van der Waals surface area contributed by atoms with E-state index >= 15 is 0 Å². The fraction of sp³-hybridized carbons (Fsp3) is 0.0435. The van der Waals surface area contributed by atoms with Gasteiger partial charge in [0.2, 0.25) is 0 Å². The van der Waals surface area contributed by atoms with E-state index < -0.39 is 0 Å². The summed E-state index contributed by atoms with van der Waals surface area (Å²) in [4.78, 5) is 0. The first-order chi connectivity index (χ1) is 11.3. The molecule has 0 bridgehead atoms. The topological polar surface area (TPSA) is 0 Å². The van der Waals surface area contributed by atoms with Crippen LogP contribution >= 0.6 is 0 Å². The second-order valence-corrected chi connectivity index (χ2v) is 6.28. The number of benzene rings is 5. The molecule has 0 saturated carbocycles. The molecule has 5 aromatic rings. The molecule has 0 unspecified atom stereocenters. The van der Waals surface area contributed by atoms with Crippen molar-refractivity contribution < 1.29 is 0 Å². The third-order valence-corrected chi connectivity index (χ3v) is 4.96. The Bertz CT molecular complexity index is 1150. The van der Waals surface area contributed by atoms with Crippen LogP contribution < -0.4 is 0 Å². The Labute approximate surface area is 135 Å². The van der Waals surface area contributed by atoms with Crippen molar-refractivity contribution in [3.8, 4) is 11.1 Å². The van der Waals surface area contributed by atoms with E-state index in [0.29, 0.717) is 0 Å². The molecular weight excluding hydrogens is 276 g/mol. The molecule has 0 radical (unpaired) electrons. The van der Waals surface area contributed by atoms with Crippen molar-refractivity contribution in [3.63, 3.8) is 0 Å². The molecule has 0 aromatic heterocycles. The number of hydrogen-bond donors (Lipinski definition) is 0. The molecule has 0 fully saturated rings. The fourth-order valence-electron chi connectivity index (χ4n) is 3.85. The van der Waals surface area contributed by atoms with Crippen LogP contribution in [0.1, 0.15) is 5.56 Å². The van der Waals surface area contributed by atoms with Crippen molar-refractivity contribution in [2.24, 2.45) is 0 Å². The summed E-state index contributed by atoms with van der Waals surface area (Å²) >= 11 is 0. The molecule has 0 spiro atoms. The van der Waals surface area contributed by atoms with Crippen LogP contribution in [0.15, 0.2) is 78.9 Å². The summed E-state index contributed by atoms with van der Waals surface area (Å²) in [6.45, 7) is 2.19.